The summed E-state index contributed by atoms with van der Waals surface area (Å²) in [5, 5.41) is 0. The molecule has 0 amide bonds. The fraction of sp³-hybridized carbons (Fsp3) is 0.583. The van der Waals surface area contributed by atoms with Gasteiger partial charge in [-0.2, -0.15) is 0 Å². The Morgan fingerprint density at radius 2 is 2.25 bits per heavy atom. The van der Waals surface area contributed by atoms with E-state index in [2.05, 4.69) is 61.7 Å². The Kier molecular flexibility index (Phi) is 3.90. The van der Waals surface area contributed by atoms with Gasteiger partial charge < -0.3 is 4.90 Å². The lowest BCUT2D eigenvalue weighted by Gasteiger charge is -2.35. The van der Waals surface area contributed by atoms with Crippen LogP contribution in [0.1, 0.15) is 18.9 Å². The van der Waals surface area contributed by atoms with E-state index in [9.17, 15) is 0 Å². The maximum Gasteiger partial charge on any atom is 0.128 e. The van der Waals surface area contributed by atoms with E-state index in [1.807, 2.05) is 6.20 Å². The van der Waals surface area contributed by atoms with Crippen molar-refractivity contribution in [1.82, 2.24) is 4.98 Å². The molecule has 1 fully saturated rings. The molecule has 4 heteroatoms. The van der Waals surface area contributed by atoms with Crippen LogP contribution < -0.4 is 4.90 Å². The minimum atomic E-state index is 0.653. The zero-order valence-corrected chi connectivity index (χ0v) is 12.8. The van der Waals surface area contributed by atoms with Gasteiger partial charge in [-0.3, -0.25) is 0 Å². The second-order valence-electron chi connectivity index (χ2n) is 4.52. The summed E-state index contributed by atoms with van der Waals surface area (Å²) in [6.07, 6.45) is 3.09. The first-order valence-corrected chi connectivity index (χ1v) is 7.30. The van der Waals surface area contributed by atoms with E-state index in [1.54, 1.807) is 0 Å². The summed E-state index contributed by atoms with van der Waals surface area (Å²) in [7, 11) is 0. The van der Waals surface area contributed by atoms with Crippen LogP contribution in [0.25, 0.3) is 0 Å². The molecule has 0 aliphatic carbocycles. The van der Waals surface area contributed by atoms with Crippen molar-refractivity contribution in [2.24, 2.45) is 5.92 Å². The number of nitrogens with zero attached hydrogens (tertiary/aromatic N) is 2. The number of anilines is 1. The lowest BCUT2D eigenvalue weighted by molar-refractivity contribution is 0.463. The van der Waals surface area contributed by atoms with E-state index in [4.69, 9.17) is 0 Å². The van der Waals surface area contributed by atoms with Gasteiger partial charge in [0.2, 0.25) is 0 Å². The van der Waals surface area contributed by atoms with Crippen molar-refractivity contribution < 1.29 is 0 Å². The molecule has 0 spiro atoms. The SMILES string of the molecule is Cc1cc(N2CCC(Br)C(C)C2)ncc1Br. The van der Waals surface area contributed by atoms with Crippen LogP contribution in [-0.2, 0) is 0 Å². The molecule has 88 valence electrons. The first-order chi connectivity index (χ1) is 7.58. The number of halogens is 2. The minimum absolute atomic E-state index is 0.653. The van der Waals surface area contributed by atoms with Gasteiger partial charge in [0, 0.05) is 28.6 Å². The fourth-order valence-electron chi connectivity index (χ4n) is 2.02. The van der Waals surface area contributed by atoms with Crippen molar-refractivity contribution >= 4 is 37.7 Å². The van der Waals surface area contributed by atoms with E-state index >= 15 is 0 Å². The van der Waals surface area contributed by atoms with Gasteiger partial charge in [0.05, 0.1) is 0 Å². The van der Waals surface area contributed by atoms with Crippen LogP contribution in [0.5, 0.6) is 0 Å². The molecule has 0 bridgehead atoms. The van der Waals surface area contributed by atoms with Crippen LogP contribution >= 0.6 is 31.9 Å². The third kappa shape index (κ3) is 2.59. The highest BCUT2D eigenvalue weighted by atomic mass is 79.9. The molecule has 2 nitrogen and oxygen atoms in total. The van der Waals surface area contributed by atoms with E-state index < -0.39 is 0 Å². The smallest absolute Gasteiger partial charge is 0.128 e. The predicted molar refractivity (Wildman–Crippen MR) is 75.4 cm³/mol. The van der Waals surface area contributed by atoms with Crippen LogP contribution in [0.3, 0.4) is 0 Å². The number of hydrogen-bond donors (Lipinski definition) is 0. The topological polar surface area (TPSA) is 16.1 Å². The zero-order chi connectivity index (χ0) is 11.7. The predicted octanol–water partition coefficient (Wildman–Crippen LogP) is 3.76. The summed E-state index contributed by atoms with van der Waals surface area (Å²) in [6.45, 7) is 6.57. The molecule has 0 radical (unpaired) electrons. The van der Waals surface area contributed by atoms with Crippen molar-refractivity contribution in [2.75, 3.05) is 18.0 Å². The molecule has 2 heterocycles. The Hall–Kier alpha value is -0.0900. The van der Waals surface area contributed by atoms with Gasteiger partial charge in [-0.25, -0.2) is 4.98 Å². The monoisotopic (exact) mass is 346 g/mol. The number of hydrogen-bond acceptors (Lipinski definition) is 2. The first-order valence-electron chi connectivity index (χ1n) is 5.59. The molecule has 0 saturated carbocycles. The Morgan fingerprint density at radius 1 is 1.50 bits per heavy atom. The summed E-state index contributed by atoms with van der Waals surface area (Å²) in [5.74, 6) is 1.78. The average Bonchev–Trinajstić information content (AvgIpc) is 2.26. The third-order valence-electron chi connectivity index (χ3n) is 3.16. The molecular formula is C12H16Br2N2. The number of rotatable bonds is 1. The molecule has 2 rings (SSSR count). The Bertz CT molecular complexity index is 381. The lowest BCUT2D eigenvalue weighted by Crippen LogP contribution is -2.40. The van der Waals surface area contributed by atoms with Gasteiger partial charge in [-0.1, -0.05) is 22.9 Å². The van der Waals surface area contributed by atoms with Crippen LogP contribution in [0.15, 0.2) is 16.7 Å². The number of alkyl halides is 1. The van der Waals surface area contributed by atoms with Crippen molar-refractivity contribution in [3.05, 3.63) is 22.3 Å². The highest BCUT2D eigenvalue weighted by Crippen LogP contribution is 2.27. The van der Waals surface area contributed by atoms with Crippen LogP contribution in [0, 0.1) is 12.8 Å². The summed E-state index contributed by atoms with van der Waals surface area (Å²) >= 11 is 7.21. The van der Waals surface area contributed by atoms with Gasteiger partial charge in [0.1, 0.15) is 5.82 Å². The zero-order valence-electron chi connectivity index (χ0n) is 9.58. The molecular weight excluding hydrogens is 332 g/mol. The third-order valence-corrected chi connectivity index (χ3v) is 5.35. The number of aromatic nitrogens is 1. The summed E-state index contributed by atoms with van der Waals surface area (Å²) in [5.41, 5.74) is 1.25. The molecule has 1 aliphatic rings. The highest BCUT2D eigenvalue weighted by Gasteiger charge is 2.24. The van der Waals surface area contributed by atoms with Gasteiger partial charge in [0.25, 0.3) is 0 Å². The number of piperidine rings is 1. The molecule has 1 aromatic rings. The maximum absolute atomic E-state index is 4.49. The van der Waals surface area contributed by atoms with Crippen molar-refractivity contribution in [3.8, 4) is 0 Å². The summed E-state index contributed by atoms with van der Waals surface area (Å²) in [6, 6.07) is 2.16. The lowest BCUT2D eigenvalue weighted by atomic mass is 10.00. The summed E-state index contributed by atoms with van der Waals surface area (Å²) in [4.78, 5) is 7.52. The number of aryl methyl sites for hydroxylation is 1. The summed E-state index contributed by atoms with van der Waals surface area (Å²) < 4.78 is 1.08. The van der Waals surface area contributed by atoms with E-state index in [-0.39, 0.29) is 0 Å². The van der Waals surface area contributed by atoms with Gasteiger partial charge in [-0.15, -0.1) is 0 Å². The Morgan fingerprint density at radius 3 is 2.88 bits per heavy atom. The van der Waals surface area contributed by atoms with E-state index in [1.165, 1.54) is 12.0 Å². The molecule has 16 heavy (non-hydrogen) atoms. The standard InChI is InChI=1S/C12H16Br2N2/c1-8-5-12(15-6-11(8)14)16-4-3-10(13)9(2)7-16/h5-6,9-10H,3-4,7H2,1-2H3. The average molecular weight is 348 g/mol. The van der Waals surface area contributed by atoms with E-state index in [0.717, 1.165) is 23.4 Å². The molecule has 1 aromatic heterocycles. The van der Waals surface area contributed by atoms with Gasteiger partial charge in [-0.05, 0) is 46.8 Å². The van der Waals surface area contributed by atoms with Crippen molar-refractivity contribution in [3.63, 3.8) is 0 Å². The molecule has 1 saturated heterocycles. The maximum atomic E-state index is 4.49. The Labute approximate surface area is 114 Å². The second-order valence-corrected chi connectivity index (χ2v) is 6.55. The Balaban J connectivity index is 2.15. The van der Waals surface area contributed by atoms with Crippen molar-refractivity contribution in [2.45, 2.75) is 25.1 Å². The molecule has 2 atom stereocenters. The fourth-order valence-corrected chi connectivity index (χ4v) is 2.61. The molecule has 2 unspecified atom stereocenters. The highest BCUT2D eigenvalue weighted by molar-refractivity contribution is 9.10. The van der Waals surface area contributed by atoms with Crippen LogP contribution in [0.4, 0.5) is 5.82 Å². The molecule has 1 aliphatic heterocycles. The van der Waals surface area contributed by atoms with Crippen LogP contribution in [-0.4, -0.2) is 22.9 Å². The van der Waals surface area contributed by atoms with Gasteiger partial charge in [0.15, 0.2) is 0 Å². The normalized spacial score (nSPS) is 25.9. The van der Waals surface area contributed by atoms with E-state index in [0.29, 0.717) is 10.7 Å². The van der Waals surface area contributed by atoms with Crippen molar-refractivity contribution in [1.29, 1.82) is 0 Å². The van der Waals surface area contributed by atoms with Gasteiger partial charge >= 0.3 is 0 Å². The number of pyridine rings is 1. The van der Waals surface area contributed by atoms with Crippen LogP contribution in [0.2, 0.25) is 0 Å². The molecule has 0 N–H and O–H groups in total. The quantitative estimate of drug-likeness (QED) is 0.719. The second kappa shape index (κ2) is 5.05. The first kappa shape index (κ1) is 12.4. The largest absolute Gasteiger partial charge is 0.356 e. The molecule has 0 aromatic carbocycles. The minimum Gasteiger partial charge on any atom is -0.356 e.